The minimum Gasteiger partial charge on any atom is -0.352 e. The highest BCUT2D eigenvalue weighted by molar-refractivity contribution is 6.30. The molecule has 2 heterocycles. The second-order valence-corrected chi connectivity index (χ2v) is 5.21. The summed E-state index contributed by atoms with van der Waals surface area (Å²) >= 11 is 5.84. The van der Waals surface area contributed by atoms with Gasteiger partial charge in [0.25, 0.3) is 5.91 Å². The topological polar surface area (TPSA) is 46.4 Å². The minimum absolute atomic E-state index is 0.0762. The Balaban J connectivity index is 1.59. The van der Waals surface area contributed by atoms with Gasteiger partial charge in [0.05, 0.1) is 18.0 Å². The van der Waals surface area contributed by atoms with Crippen molar-refractivity contribution in [1.29, 1.82) is 0 Å². The first-order valence-corrected chi connectivity index (χ1v) is 7.04. The van der Waals surface area contributed by atoms with E-state index in [2.05, 4.69) is 10.3 Å². The number of hydrogen-bond acceptors (Lipinski definition) is 2. The molecule has 3 aromatic rings. The normalized spacial score (nSPS) is 10.7. The van der Waals surface area contributed by atoms with Crippen LogP contribution in [0.5, 0.6) is 0 Å². The highest BCUT2D eigenvalue weighted by atomic mass is 35.5. The van der Waals surface area contributed by atoms with Gasteiger partial charge >= 0.3 is 0 Å². The van der Waals surface area contributed by atoms with Crippen molar-refractivity contribution in [2.75, 3.05) is 6.54 Å². The van der Waals surface area contributed by atoms with E-state index in [9.17, 15) is 4.79 Å². The quantitative estimate of drug-likeness (QED) is 0.805. The molecule has 0 radical (unpaired) electrons. The third-order valence-electron chi connectivity index (χ3n) is 3.29. The zero-order valence-corrected chi connectivity index (χ0v) is 12.0. The van der Waals surface area contributed by atoms with E-state index in [0.717, 1.165) is 22.5 Å². The Morgan fingerprint density at radius 3 is 2.86 bits per heavy atom. The van der Waals surface area contributed by atoms with Crippen molar-refractivity contribution in [1.82, 2.24) is 14.7 Å². The van der Waals surface area contributed by atoms with Gasteiger partial charge in [-0.25, -0.2) is 4.98 Å². The van der Waals surface area contributed by atoms with E-state index in [1.807, 2.05) is 40.9 Å². The molecule has 0 saturated carbocycles. The summed E-state index contributed by atoms with van der Waals surface area (Å²) < 4.78 is 1.87. The predicted octanol–water partition coefficient (Wildman–Crippen LogP) is 2.96. The number of fused-ring (bicyclic) bond motifs is 1. The number of amides is 1. The molecule has 5 heteroatoms. The average Bonchev–Trinajstić information content (AvgIpc) is 2.96. The Hall–Kier alpha value is -2.33. The minimum atomic E-state index is -0.0762. The maximum Gasteiger partial charge on any atom is 0.251 e. The van der Waals surface area contributed by atoms with Crippen LogP contribution >= 0.6 is 11.6 Å². The molecule has 0 saturated heterocycles. The fourth-order valence-corrected chi connectivity index (χ4v) is 2.26. The molecule has 21 heavy (non-hydrogen) atoms. The van der Waals surface area contributed by atoms with Crippen LogP contribution < -0.4 is 5.32 Å². The number of pyridine rings is 1. The molecule has 0 aliphatic carbocycles. The molecule has 1 aromatic carbocycles. The van der Waals surface area contributed by atoms with Crippen molar-refractivity contribution in [3.8, 4) is 0 Å². The molecule has 0 aliphatic rings. The van der Waals surface area contributed by atoms with Crippen molar-refractivity contribution in [2.24, 2.45) is 0 Å². The Kier molecular flexibility index (Phi) is 3.88. The van der Waals surface area contributed by atoms with Gasteiger partial charge in [-0.15, -0.1) is 0 Å². The zero-order chi connectivity index (χ0) is 14.7. The second kappa shape index (κ2) is 5.97. The summed E-state index contributed by atoms with van der Waals surface area (Å²) in [5, 5.41) is 3.64. The van der Waals surface area contributed by atoms with Crippen LogP contribution in [0, 0.1) is 0 Å². The summed E-state index contributed by atoms with van der Waals surface area (Å²) in [6, 6.07) is 11.2. The van der Waals surface area contributed by atoms with E-state index in [-0.39, 0.29) is 5.91 Å². The average molecular weight is 300 g/mol. The number of nitrogens with one attached hydrogen (secondary N) is 1. The van der Waals surface area contributed by atoms with Crippen molar-refractivity contribution in [3.05, 3.63) is 71.3 Å². The molecule has 0 fully saturated rings. The monoisotopic (exact) mass is 299 g/mol. The molecule has 106 valence electrons. The molecule has 0 bridgehead atoms. The fourth-order valence-electron chi connectivity index (χ4n) is 2.13. The first kappa shape index (κ1) is 13.6. The second-order valence-electron chi connectivity index (χ2n) is 4.77. The van der Waals surface area contributed by atoms with Crippen molar-refractivity contribution >= 4 is 23.0 Å². The standard InChI is InChI=1S/C16H14ClN3O/c17-14-3-1-12(2-4-14)5-7-19-16(21)13-6-8-20-11-18-10-15(20)9-13/h1-4,6,8-11H,5,7H2,(H,19,21). The Bertz CT molecular complexity index is 765. The van der Waals surface area contributed by atoms with Crippen LogP contribution in [0.25, 0.3) is 5.52 Å². The number of nitrogens with zero attached hydrogens (tertiary/aromatic N) is 2. The third-order valence-corrected chi connectivity index (χ3v) is 3.54. The van der Waals surface area contributed by atoms with Gasteiger partial charge in [0.15, 0.2) is 0 Å². The van der Waals surface area contributed by atoms with Crippen molar-refractivity contribution in [2.45, 2.75) is 6.42 Å². The SMILES string of the molecule is O=C(NCCc1ccc(Cl)cc1)c1ccn2cncc2c1. The van der Waals surface area contributed by atoms with Gasteiger partial charge in [-0.05, 0) is 36.2 Å². The highest BCUT2D eigenvalue weighted by Gasteiger charge is 2.06. The Morgan fingerprint density at radius 2 is 2.05 bits per heavy atom. The molecule has 0 aliphatic heterocycles. The summed E-state index contributed by atoms with van der Waals surface area (Å²) in [5.41, 5.74) is 2.69. The van der Waals surface area contributed by atoms with E-state index in [1.165, 1.54) is 0 Å². The lowest BCUT2D eigenvalue weighted by Gasteiger charge is -2.06. The molecule has 0 spiro atoms. The summed E-state index contributed by atoms with van der Waals surface area (Å²) in [6.07, 6.45) is 6.04. The summed E-state index contributed by atoms with van der Waals surface area (Å²) in [4.78, 5) is 16.1. The highest BCUT2D eigenvalue weighted by Crippen LogP contribution is 2.10. The number of hydrogen-bond donors (Lipinski definition) is 1. The fraction of sp³-hybridized carbons (Fsp3) is 0.125. The number of halogens is 1. The number of imidazole rings is 1. The Labute approximate surface area is 127 Å². The van der Waals surface area contributed by atoms with Crippen LogP contribution in [-0.4, -0.2) is 21.8 Å². The molecular weight excluding hydrogens is 286 g/mol. The van der Waals surface area contributed by atoms with Gasteiger partial charge < -0.3 is 9.72 Å². The number of aromatic nitrogens is 2. The molecule has 1 amide bonds. The number of benzene rings is 1. The lowest BCUT2D eigenvalue weighted by molar-refractivity contribution is 0.0954. The molecule has 2 aromatic heterocycles. The van der Waals surface area contributed by atoms with Crippen molar-refractivity contribution in [3.63, 3.8) is 0 Å². The van der Waals surface area contributed by atoms with Gasteiger partial charge in [-0.2, -0.15) is 0 Å². The molecule has 0 unspecified atom stereocenters. The van der Waals surface area contributed by atoms with Crippen LogP contribution in [0.2, 0.25) is 5.02 Å². The van der Waals surface area contributed by atoms with Crippen molar-refractivity contribution < 1.29 is 4.79 Å². The van der Waals surface area contributed by atoms with Gasteiger partial charge in [-0.3, -0.25) is 4.79 Å². The van der Waals surface area contributed by atoms with Gasteiger partial charge in [0, 0.05) is 23.3 Å². The summed E-state index contributed by atoms with van der Waals surface area (Å²) in [5.74, 6) is -0.0762. The third kappa shape index (κ3) is 3.23. The van der Waals surface area contributed by atoms with Gasteiger partial charge in [0.1, 0.15) is 0 Å². The number of carbonyl (C=O) groups excluding carboxylic acids is 1. The maximum atomic E-state index is 12.1. The molecule has 0 atom stereocenters. The van der Waals surface area contributed by atoms with Crippen LogP contribution in [0.15, 0.2) is 55.1 Å². The Morgan fingerprint density at radius 1 is 1.24 bits per heavy atom. The number of carbonyl (C=O) groups is 1. The maximum absolute atomic E-state index is 12.1. The van der Waals surface area contributed by atoms with Crippen LogP contribution in [-0.2, 0) is 6.42 Å². The first-order valence-electron chi connectivity index (χ1n) is 6.67. The lowest BCUT2D eigenvalue weighted by Crippen LogP contribution is -2.25. The summed E-state index contributed by atoms with van der Waals surface area (Å²) in [7, 11) is 0. The molecule has 1 N–H and O–H groups in total. The zero-order valence-electron chi connectivity index (χ0n) is 11.3. The predicted molar refractivity (Wildman–Crippen MR) is 82.7 cm³/mol. The molecule has 3 rings (SSSR count). The number of rotatable bonds is 4. The van der Waals surface area contributed by atoms with E-state index >= 15 is 0 Å². The molecular formula is C16H14ClN3O. The first-order chi connectivity index (χ1) is 10.2. The van der Waals surface area contributed by atoms with E-state index in [1.54, 1.807) is 18.6 Å². The van der Waals surface area contributed by atoms with E-state index < -0.39 is 0 Å². The lowest BCUT2D eigenvalue weighted by atomic mass is 10.1. The largest absolute Gasteiger partial charge is 0.352 e. The van der Waals surface area contributed by atoms with Crippen LogP contribution in [0.4, 0.5) is 0 Å². The van der Waals surface area contributed by atoms with Crippen LogP contribution in [0.1, 0.15) is 15.9 Å². The van der Waals surface area contributed by atoms with Gasteiger partial charge in [0.2, 0.25) is 0 Å². The molecule has 4 nitrogen and oxygen atoms in total. The van der Waals surface area contributed by atoms with E-state index in [4.69, 9.17) is 11.6 Å². The van der Waals surface area contributed by atoms with E-state index in [0.29, 0.717) is 12.1 Å². The smallest absolute Gasteiger partial charge is 0.251 e. The van der Waals surface area contributed by atoms with Gasteiger partial charge in [-0.1, -0.05) is 23.7 Å². The summed E-state index contributed by atoms with van der Waals surface area (Å²) in [6.45, 7) is 0.588. The van der Waals surface area contributed by atoms with Crippen LogP contribution in [0.3, 0.4) is 0 Å².